The van der Waals surface area contributed by atoms with Gasteiger partial charge in [0.05, 0.1) is 26.4 Å². The molecule has 2 unspecified atom stereocenters. The molecule has 112 valence electrons. The van der Waals surface area contributed by atoms with Gasteiger partial charge in [-0.15, -0.1) is 0 Å². The van der Waals surface area contributed by atoms with Gasteiger partial charge in [-0.25, -0.2) is 0 Å². The smallest absolute Gasteiger partial charge is 0.161 e. The van der Waals surface area contributed by atoms with E-state index in [1.54, 1.807) is 14.2 Å². The lowest BCUT2D eigenvalue weighted by Crippen LogP contribution is -2.52. The first kappa shape index (κ1) is 12.3. The molecule has 4 nitrogen and oxygen atoms in total. The van der Waals surface area contributed by atoms with E-state index in [-0.39, 0.29) is 5.41 Å². The Morgan fingerprint density at radius 3 is 2.81 bits per heavy atom. The number of rotatable bonds is 2. The molecule has 5 rings (SSSR count). The number of hydrogen-bond donors (Lipinski definition) is 0. The lowest BCUT2D eigenvalue weighted by Gasteiger charge is -2.45. The van der Waals surface area contributed by atoms with E-state index < -0.39 is 0 Å². The Hall–Kier alpha value is -1.26. The Labute approximate surface area is 125 Å². The van der Waals surface area contributed by atoms with Crippen molar-refractivity contribution in [2.45, 2.75) is 49.5 Å². The summed E-state index contributed by atoms with van der Waals surface area (Å²) in [6.07, 6.45) is 4.66. The maximum Gasteiger partial charge on any atom is 0.161 e. The number of epoxide rings is 1. The first-order valence-corrected chi connectivity index (χ1v) is 7.93. The van der Waals surface area contributed by atoms with Gasteiger partial charge in [0.15, 0.2) is 11.5 Å². The lowest BCUT2D eigenvalue weighted by atomic mass is 9.63. The minimum absolute atomic E-state index is 0.204. The van der Waals surface area contributed by atoms with Crippen LogP contribution in [0, 0.1) is 0 Å². The van der Waals surface area contributed by atoms with Crippen molar-refractivity contribution in [3.63, 3.8) is 0 Å². The van der Waals surface area contributed by atoms with Gasteiger partial charge in [-0.05, 0) is 49.1 Å². The molecule has 21 heavy (non-hydrogen) atoms. The second kappa shape index (κ2) is 3.93. The van der Waals surface area contributed by atoms with Crippen molar-refractivity contribution < 1.29 is 14.2 Å². The molecule has 0 aromatic heterocycles. The van der Waals surface area contributed by atoms with Crippen LogP contribution in [0.1, 0.15) is 30.4 Å². The molecule has 2 bridgehead atoms. The van der Waals surface area contributed by atoms with Gasteiger partial charge in [0.25, 0.3) is 0 Å². The van der Waals surface area contributed by atoms with E-state index in [4.69, 9.17) is 14.2 Å². The highest BCUT2D eigenvalue weighted by Crippen LogP contribution is 2.60. The van der Waals surface area contributed by atoms with E-state index in [1.165, 1.54) is 36.9 Å². The fourth-order valence-electron chi connectivity index (χ4n) is 5.25. The first-order valence-electron chi connectivity index (χ1n) is 7.93. The summed E-state index contributed by atoms with van der Waals surface area (Å²) in [6, 6.07) is 5.07. The van der Waals surface area contributed by atoms with Crippen molar-refractivity contribution in [1.82, 2.24) is 4.90 Å². The molecule has 2 saturated heterocycles. The van der Waals surface area contributed by atoms with Gasteiger partial charge in [-0.3, -0.25) is 4.90 Å². The molecule has 0 spiro atoms. The quantitative estimate of drug-likeness (QED) is 0.780. The second-order valence-corrected chi connectivity index (χ2v) is 6.81. The minimum Gasteiger partial charge on any atom is -0.493 e. The zero-order valence-electron chi connectivity index (χ0n) is 12.6. The van der Waals surface area contributed by atoms with Crippen LogP contribution in [0.3, 0.4) is 0 Å². The van der Waals surface area contributed by atoms with E-state index in [1.807, 2.05) is 0 Å². The molecule has 0 N–H and O–H groups in total. The van der Waals surface area contributed by atoms with E-state index in [0.29, 0.717) is 18.2 Å². The van der Waals surface area contributed by atoms with Crippen molar-refractivity contribution in [2.24, 2.45) is 0 Å². The second-order valence-electron chi connectivity index (χ2n) is 6.81. The fourth-order valence-corrected chi connectivity index (χ4v) is 5.25. The van der Waals surface area contributed by atoms with Crippen LogP contribution in [0.5, 0.6) is 11.5 Å². The van der Waals surface area contributed by atoms with Crippen LogP contribution < -0.4 is 9.47 Å². The molecule has 1 aliphatic carbocycles. The maximum absolute atomic E-state index is 6.06. The minimum atomic E-state index is 0.204. The normalized spacial score (nSPS) is 41.8. The van der Waals surface area contributed by atoms with Gasteiger partial charge in [0.2, 0.25) is 0 Å². The van der Waals surface area contributed by atoms with E-state index in [2.05, 4.69) is 17.0 Å². The van der Waals surface area contributed by atoms with Crippen molar-refractivity contribution in [3.8, 4) is 11.5 Å². The molecule has 1 aromatic rings. The molecule has 1 aromatic carbocycles. The van der Waals surface area contributed by atoms with Gasteiger partial charge in [0.1, 0.15) is 0 Å². The highest BCUT2D eigenvalue weighted by atomic mass is 16.6. The van der Waals surface area contributed by atoms with Gasteiger partial charge in [0, 0.05) is 18.0 Å². The molecule has 1 saturated carbocycles. The predicted molar refractivity (Wildman–Crippen MR) is 77.9 cm³/mol. The summed E-state index contributed by atoms with van der Waals surface area (Å²) < 4.78 is 17.1. The highest BCUT2D eigenvalue weighted by molar-refractivity contribution is 5.54. The topological polar surface area (TPSA) is 34.2 Å². The molecule has 0 radical (unpaired) electrons. The first-order chi connectivity index (χ1) is 10.3. The maximum atomic E-state index is 6.06. The van der Waals surface area contributed by atoms with Gasteiger partial charge in [-0.2, -0.15) is 0 Å². The van der Waals surface area contributed by atoms with Crippen molar-refractivity contribution in [1.29, 1.82) is 0 Å². The van der Waals surface area contributed by atoms with Crippen molar-refractivity contribution >= 4 is 0 Å². The molecule has 4 heteroatoms. The summed E-state index contributed by atoms with van der Waals surface area (Å²) in [5, 5.41) is 0. The van der Waals surface area contributed by atoms with Gasteiger partial charge in [-0.1, -0.05) is 0 Å². The Balaban J connectivity index is 1.72. The largest absolute Gasteiger partial charge is 0.493 e. The molecule has 3 aliphatic heterocycles. The van der Waals surface area contributed by atoms with Gasteiger partial charge >= 0.3 is 0 Å². The fraction of sp³-hybridized carbons (Fsp3) is 0.647. The Morgan fingerprint density at radius 2 is 2.00 bits per heavy atom. The van der Waals surface area contributed by atoms with E-state index in [9.17, 15) is 0 Å². The predicted octanol–water partition coefficient (Wildman–Crippen LogP) is 2.09. The lowest BCUT2D eigenvalue weighted by molar-refractivity contribution is 0.138. The summed E-state index contributed by atoms with van der Waals surface area (Å²) in [4.78, 5) is 2.66. The Kier molecular flexibility index (Phi) is 2.30. The summed E-state index contributed by atoms with van der Waals surface area (Å²) >= 11 is 0. The summed E-state index contributed by atoms with van der Waals surface area (Å²) in [7, 11) is 3.43. The molecular weight excluding hydrogens is 266 g/mol. The number of ether oxygens (including phenoxy) is 3. The average Bonchev–Trinajstić information content (AvgIpc) is 3.26. The third-order valence-electron chi connectivity index (χ3n) is 6.15. The molecule has 3 heterocycles. The molecule has 5 atom stereocenters. The van der Waals surface area contributed by atoms with Crippen molar-refractivity contribution in [3.05, 3.63) is 23.3 Å². The van der Waals surface area contributed by atoms with Crippen LogP contribution in [-0.4, -0.2) is 43.9 Å². The molecule has 0 amide bonds. The van der Waals surface area contributed by atoms with Crippen LogP contribution >= 0.6 is 0 Å². The summed E-state index contributed by atoms with van der Waals surface area (Å²) in [5.41, 5.74) is 3.07. The monoisotopic (exact) mass is 287 g/mol. The van der Waals surface area contributed by atoms with E-state index in [0.717, 1.165) is 18.0 Å². The third kappa shape index (κ3) is 1.38. The molecule has 3 fully saturated rings. The zero-order valence-corrected chi connectivity index (χ0v) is 12.6. The molecular formula is C17H21NO3. The number of methoxy groups -OCH3 is 2. The number of hydrogen-bond acceptors (Lipinski definition) is 4. The number of benzene rings is 1. The van der Waals surface area contributed by atoms with Crippen LogP contribution in [0.4, 0.5) is 0 Å². The molecule has 4 aliphatic rings. The van der Waals surface area contributed by atoms with Gasteiger partial charge < -0.3 is 14.2 Å². The Bertz CT molecular complexity index is 616. The SMILES string of the molecule is COc1cc2c(cc1OC)[C@@]13CCN(C2)C1CC[C@@H]1O[C@@H]13. The standard InChI is InChI=1S/C17H21NO3/c1-19-13-7-10-9-18-6-5-17(11(10)8-14(13)20-2)15(18)4-3-12-16(17)21-12/h7-8,12,15-16H,3-6,9H2,1-2H3/t12-,15?,16-,17-/m0/s1. The summed E-state index contributed by atoms with van der Waals surface area (Å²) in [6.45, 7) is 2.23. The summed E-state index contributed by atoms with van der Waals surface area (Å²) in [5.74, 6) is 1.70. The van der Waals surface area contributed by atoms with Crippen LogP contribution in [-0.2, 0) is 16.7 Å². The number of nitrogens with zero attached hydrogens (tertiary/aromatic N) is 1. The third-order valence-corrected chi connectivity index (χ3v) is 6.15. The van der Waals surface area contributed by atoms with Crippen LogP contribution in [0.15, 0.2) is 12.1 Å². The average molecular weight is 287 g/mol. The van der Waals surface area contributed by atoms with Crippen LogP contribution in [0.2, 0.25) is 0 Å². The highest BCUT2D eigenvalue weighted by Gasteiger charge is 2.67. The van der Waals surface area contributed by atoms with Crippen LogP contribution in [0.25, 0.3) is 0 Å². The number of fused-ring (bicyclic) bond motifs is 2. The zero-order chi connectivity index (χ0) is 14.2. The Morgan fingerprint density at radius 1 is 1.19 bits per heavy atom. The van der Waals surface area contributed by atoms with Crippen molar-refractivity contribution in [2.75, 3.05) is 20.8 Å². The van der Waals surface area contributed by atoms with E-state index >= 15 is 0 Å².